The van der Waals surface area contributed by atoms with E-state index in [1.54, 1.807) is 12.4 Å². The molecule has 22 heavy (non-hydrogen) atoms. The Hall–Kier alpha value is -3.02. The van der Waals surface area contributed by atoms with Gasteiger partial charge in [0.05, 0.1) is 22.9 Å². The molecule has 0 unspecified atom stereocenters. The number of aromatic nitrogens is 4. The Kier molecular flexibility index (Phi) is 2.93. The van der Waals surface area contributed by atoms with Gasteiger partial charge in [0, 0.05) is 11.9 Å². The van der Waals surface area contributed by atoms with Crippen molar-refractivity contribution >= 4 is 27.8 Å². The van der Waals surface area contributed by atoms with Gasteiger partial charge in [-0.05, 0) is 29.8 Å². The molecule has 2 aromatic heterocycles. The van der Waals surface area contributed by atoms with Crippen molar-refractivity contribution in [1.82, 2.24) is 19.9 Å². The predicted octanol–water partition coefficient (Wildman–Crippen LogP) is 3.26. The molecule has 0 atom stereocenters. The van der Waals surface area contributed by atoms with Crippen LogP contribution in [0.2, 0.25) is 0 Å². The van der Waals surface area contributed by atoms with Gasteiger partial charge < -0.3 is 10.3 Å². The third kappa shape index (κ3) is 2.24. The van der Waals surface area contributed by atoms with E-state index < -0.39 is 0 Å². The lowest BCUT2D eigenvalue weighted by Gasteiger charge is -2.08. The number of anilines is 1. The van der Waals surface area contributed by atoms with Crippen LogP contribution in [0.4, 0.5) is 10.2 Å². The van der Waals surface area contributed by atoms with Crippen molar-refractivity contribution < 1.29 is 4.39 Å². The van der Waals surface area contributed by atoms with Crippen LogP contribution in [0.1, 0.15) is 5.56 Å². The zero-order chi connectivity index (χ0) is 14.9. The van der Waals surface area contributed by atoms with E-state index in [-0.39, 0.29) is 5.82 Å². The maximum absolute atomic E-state index is 13.2. The lowest BCUT2D eigenvalue weighted by molar-refractivity contribution is 0.626. The first-order valence-electron chi connectivity index (χ1n) is 6.86. The Morgan fingerprint density at radius 1 is 1.05 bits per heavy atom. The van der Waals surface area contributed by atoms with Crippen LogP contribution in [-0.4, -0.2) is 19.9 Å². The lowest BCUT2D eigenvalue weighted by Crippen LogP contribution is -2.02. The van der Waals surface area contributed by atoms with Gasteiger partial charge in [0.1, 0.15) is 18.0 Å². The quantitative estimate of drug-likeness (QED) is 0.608. The standard InChI is InChI=1S/C16H12FN5/c17-11-3-1-2-10(4-11)7-18-16-12-5-14-15(21-8-20-14)6-13(12)19-9-22-16/h1-6,8-9H,7H2,(H,20,21)(H,18,19,22). The van der Waals surface area contributed by atoms with Crippen molar-refractivity contribution in [3.63, 3.8) is 0 Å². The van der Waals surface area contributed by atoms with E-state index in [9.17, 15) is 4.39 Å². The first-order chi connectivity index (χ1) is 10.8. The molecule has 5 nitrogen and oxygen atoms in total. The van der Waals surface area contributed by atoms with Gasteiger partial charge in [0.25, 0.3) is 0 Å². The Balaban J connectivity index is 1.71. The van der Waals surface area contributed by atoms with Crippen molar-refractivity contribution in [2.24, 2.45) is 0 Å². The van der Waals surface area contributed by atoms with Crippen molar-refractivity contribution in [2.45, 2.75) is 6.54 Å². The molecule has 0 amide bonds. The Morgan fingerprint density at radius 3 is 2.91 bits per heavy atom. The molecule has 0 aliphatic rings. The minimum atomic E-state index is -0.244. The lowest BCUT2D eigenvalue weighted by atomic mass is 10.2. The normalized spacial score (nSPS) is 11.1. The first-order valence-corrected chi connectivity index (χ1v) is 6.86. The van der Waals surface area contributed by atoms with E-state index in [0.717, 1.165) is 27.5 Å². The summed E-state index contributed by atoms with van der Waals surface area (Å²) < 4.78 is 13.2. The zero-order valence-corrected chi connectivity index (χ0v) is 11.5. The van der Waals surface area contributed by atoms with Crippen molar-refractivity contribution in [3.8, 4) is 0 Å². The number of H-pyrrole nitrogens is 1. The molecule has 0 saturated carbocycles. The average molecular weight is 293 g/mol. The summed E-state index contributed by atoms with van der Waals surface area (Å²) in [7, 11) is 0. The van der Waals surface area contributed by atoms with Gasteiger partial charge in [-0.15, -0.1) is 0 Å². The maximum atomic E-state index is 13.2. The molecular formula is C16H12FN5. The molecule has 2 heterocycles. The number of nitrogens with one attached hydrogen (secondary N) is 2. The summed E-state index contributed by atoms with van der Waals surface area (Å²) in [4.78, 5) is 15.9. The second-order valence-corrected chi connectivity index (χ2v) is 4.99. The number of rotatable bonds is 3. The van der Waals surface area contributed by atoms with Gasteiger partial charge >= 0.3 is 0 Å². The highest BCUT2D eigenvalue weighted by Crippen LogP contribution is 2.24. The molecule has 0 spiro atoms. The van der Waals surface area contributed by atoms with E-state index >= 15 is 0 Å². The van der Waals surface area contributed by atoms with Crippen LogP contribution in [0, 0.1) is 5.82 Å². The summed E-state index contributed by atoms with van der Waals surface area (Å²) in [5.74, 6) is 0.469. The summed E-state index contributed by atoms with van der Waals surface area (Å²) in [6, 6.07) is 10.4. The van der Waals surface area contributed by atoms with Crippen molar-refractivity contribution in [2.75, 3.05) is 5.32 Å². The van der Waals surface area contributed by atoms with E-state index in [2.05, 4.69) is 25.3 Å². The molecule has 2 aromatic carbocycles. The molecule has 0 saturated heterocycles. The number of aromatic amines is 1. The summed E-state index contributed by atoms with van der Waals surface area (Å²) in [5.41, 5.74) is 3.46. The van der Waals surface area contributed by atoms with Crippen molar-refractivity contribution in [1.29, 1.82) is 0 Å². The molecule has 2 N–H and O–H groups in total. The highest BCUT2D eigenvalue weighted by atomic mass is 19.1. The number of fused-ring (bicyclic) bond motifs is 2. The van der Waals surface area contributed by atoms with E-state index in [4.69, 9.17) is 0 Å². The highest BCUT2D eigenvalue weighted by molar-refractivity contribution is 5.98. The van der Waals surface area contributed by atoms with Crippen LogP contribution < -0.4 is 5.32 Å². The van der Waals surface area contributed by atoms with E-state index in [1.807, 2.05) is 18.2 Å². The van der Waals surface area contributed by atoms with Crippen LogP contribution in [-0.2, 0) is 6.54 Å². The molecule has 0 radical (unpaired) electrons. The molecule has 0 bridgehead atoms. The molecule has 6 heteroatoms. The fourth-order valence-corrected chi connectivity index (χ4v) is 2.46. The average Bonchev–Trinajstić information content (AvgIpc) is 2.98. The second kappa shape index (κ2) is 5.07. The molecule has 0 aliphatic heterocycles. The molecule has 0 aliphatic carbocycles. The zero-order valence-electron chi connectivity index (χ0n) is 11.5. The Morgan fingerprint density at radius 2 is 2.00 bits per heavy atom. The largest absolute Gasteiger partial charge is 0.365 e. The monoisotopic (exact) mass is 293 g/mol. The number of benzene rings is 2. The molecular weight excluding hydrogens is 281 g/mol. The van der Waals surface area contributed by atoms with Gasteiger partial charge in [-0.1, -0.05) is 12.1 Å². The maximum Gasteiger partial charge on any atom is 0.137 e. The second-order valence-electron chi connectivity index (χ2n) is 4.99. The summed E-state index contributed by atoms with van der Waals surface area (Å²) in [5, 5.41) is 4.13. The first kappa shape index (κ1) is 12.7. The number of imidazole rings is 1. The van der Waals surface area contributed by atoms with Gasteiger partial charge in [-0.25, -0.2) is 19.3 Å². The van der Waals surface area contributed by atoms with E-state index in [0.29, 0.717) is 12.4 Å². The third-order valence-electron chi connectivity index (χ3n) is 3.53. The van der Waals surface area contributed by atoms with Crippen LogP contribution in [0.3, 0.4) is 0 Å². The number of halogens is 1. The minimum absolute atomic E-state index is 0.244. The Bertz CT molecular complexity index is 963. The van der Waals surface area contributed by atoms with Crippen LogP contribution >= 0.6 is 0 Å². The van der Waals surface area contributed by atoms with Crippen LogP contribution in [0.15, 0.2) is 49.1 Å². The minimum Gasteiger partial charge on any atom is -0.365 e. The molecule has 4 rings (SSSR count). The van der Waals surface area contributed by atoms with Crippen molar-refractivity contribution in [3.05, 3.63) is 60.4 Å². The third-order valence-corrected chi connectivity index (χ3v) is 3.53. The SMILES string of the molecule is Fc1cccc(CNc2ncnc3cc4nc[nH]c4cc23)c1. The van der Waals surface area contributed by atoms with Crippen LogP contribution in [0.25, 0.3) is 21.9 Å². The van der Waals surface area contributed by atoms with Gasteiger partial charge in [-0.3, -0.25) is 0 Å². The number of nitrogens with zero attached hydrogens (tertiary/aromatic N) is 3. The smallest absolute Gasteiger partial charge is 0.137 e. The summed E-state index contributed by atoms with van der Waals surface area (Å²) in [6.07, 6.45) is 3.16. The topological polar surface area (TPSA) is 66.5 Å². The summed E-state index contributed by atoms with van der Waals surface area (Å²) >= 11 is 0. The summed E-state index contributed by atoms with van der Waals surface area (Å²) in [6.45, 7) is 0.491. The van der Waals surface area contributed by atoms with Gasteiger partial charge in [-0.2, -0.15) is 0 Å². The highest BCUT2D eigenvalue weighted by Gasteiger charge is 2.07. The number of hydrogen-bond acceptors (Lipinski definition) is 4. The van der Waals surface area contributed by atoms with Gasteiger partial charge in [0.15, 0.2) is 0 Å². The van der Waals surface area contributed by atoms with Gasteiger partial charge in [0.2, 0.25) is 0 Å². The van der Waals surface area contributed by atoms with E-state index in [1.165, 1.54) is 18.5 Å². The predicted molar refractivity (Wildman–Crippen MR) is 82.9 cm³/mol. The molecule has 0 fully saturated rings. The fourth-order valence-electron chi connectivity index (χ4n) is 2.46. The Labute approximate surface area is 125 Å². The fraction of sp³-hybridized carbons (Fsp3) is 0.0625. The number of hydrogen-bond donors (Lipinski definition) is 2. The molecule has 108 valence electrons. The molecule has 4 aromatic rings. The van der Waals surface area contributed by atoms with Crippen LogP contribution in [0.5, 0.6) is 0 Å².